The van der Waals surface area contributed by atoms with Crippen LogP contribution in [0.4, 0.5) is 13.2 Å². The van der Waals surface area contributed by atoms with Crippen molar-refractivity contribution in [2.45, 2.75) is 23.3 Å². The number of nitrogens with zero attached hydrogens (tertiary/aromatic N) is 1. The fourth-order valence-corrected chi connectivity index (χ4v) is 3.88. The molecule has 1 aliphatic rings. The van der Waals surface area contributed by atoms with Crippen LogP contribution in [0.1, 0.15) is 22.7 Å². The molecule has 0 heterocycles. The molecule has 2 aromatic carbocycles. The predicted octanol–water partition coefficient (Wildman–Crippen LogP) is 3.08. The molecule has 0 bridgehead atoms. The van der Waals surface area contributed by atoms with Gasteiger partial charge in [-0.15, -0.1) is 0 Å². The number of alkyl halides is 2. The average Bonchev–Trinajstić information content (AvgIpc) is 2.79. The molecule has 3 rings (SSSR count). The summed E-state index contributed by atoms with van der Waals surface area (Å²) in [5.41, 5.74) is 5.22. The normalized spacial score (nSPS) is 18.2. The van der Waals surface area contributed by atoms with E-state index in [1.54, 1.807) is 6.07 Å². The lowest BCUT2D eigenvalue weighted by Gasteiger charge is -2.16. The molecule has 0 spiro atoms. The van der Waals surface area contributed by atoms with E-state index >= 15 is 0 Å². The number of hydrogen-bond acceptors (Lipinski definition) is 5. The quantitative estimate of drug-likeness (QED) is 0.881. The summed E-state index contributed by atoms with van der Waals surface area (Å²) in [6.07, 6.45) is 0.103. The van der Waals surface area contributed by atoms with Crippen molar-refractivity contribution < 1.29 is 26.3 Å². The lowest BCUT2D eigenvalue weighted by atomic mass is 10.1. The number of ether oxygens (including phenoxy) is 1. The average molecular weight is 382 g/mol. The van der Waals surface area contributed by atoms with Crippen molar-refractivity contribution in [3.05, 3.63) is 52.8 Å². The number of rotatable bonds is 3. The van der Waals surface area contributed by atoms with Crippen molar-refractivity contribution in [1.82, 2.24) is 0 Å². The summed E-state index contributed by atoms with van der Waals surface area (Å²) in [5.74, 6) is -4.09. The van der Waals surface area contributed by atoms with Gasteiger partial charge in [0.1, 0.15) is 23.4 Å². The van der Waals surface area contributed by atoms with Crippen molar-refractivity contribution in [3.8, 4) is 17.6 Å². The number of sulfone groups is 1. The molecule has 0 aliphatic heterocycles. The smallest absolute Gasteiger partial charge is 0.271 e. The molecule has 5 nitrogen and oxygen atoms in total. The Hall–Kier alpha value is -2.57. The summed E-state index contributed by atoms with van der Waals surface area (Å²) in [6.45, 7) is 0. The third-order valence-corrected chi connectivity index (χ3v) is 5.29. The van der Waals surface area contributed by atoms with Crippen molar-refractivity contribution in [2.75, 3.05) is 6.26 Å². The second kappa shape index (κ2) is 6.00. The van der Waals surface area contributed by atoms with Gasteiger partial charge in [-0.25, -0.2) is 21.6 Å². The molecule has 1 unspecified atom stereocenters. The number of fused-ring (bicyclic) bond motifs is 1. The van der Waals surface area contributed by atoms with Gasteiger partial charge in [0.25, 0.3) is 5.92 Å². The molecule has 1 aliphatic carbocycles. The van der Waals surface area contributed by atoms with E-state index < -0.39 is 34.0 Å². The van der Waals surface area contributed by atoms with Crippen LogP contribution in [0.2, 0.25) is 0 Å². The summed E-state index contributed by atoms with van der Waals surface area (Å²) in [6, 6.07) is 5.52. The molecule has 2 aromatic rings. The van der Waals surface area contributed by atoms with Gasteiger partial charge in [-0.3, -0.25) is 0 Å². The maximum Gasteiger partial charge on any atom is 0.271 e. The minimum absolute atomic E-state index is 0.0352. The fraction of sp³-hybridized carbons (Fsp3) is 0.235. The second-order valence-electron chi connectivity index (χ2n) is 6.00. The van der Waals surface area contributed by atoms with E-state index in [2.05, 4.69) is 0 Å². The van der Waals surface area contributed by atoms with Gasteiger partial charge in [-0.1, -0.05) is 0 Å². The SMILES string of the molecule is CS(=O)(=O)c1ccc(Oc2ccc(F)cc2C#N)c2c1C(N)C(F)(F)C2. The standard InChI is InChI=1S/C17H13F3N2O3S/c1-26(23,24)14-5-4-13(11-7-17(19,20)16(22)15(11)14)25-12-3-2-10(18)6-9(12)8-21/h2-6,16H,7,22H2,1H3. The first kappa shape index (κ1) is 18.2. The molecule has 0 radical (unpaired) electrons. The first-order valence-corrected chi connectivity index (χ1v) is 9.30. The summed E-state index contributed by atoms with van der Waals surface area (Å²) in [4.78, 5) is -0.288. The zero-order chi connectivity index (χ0) is 19.3. The third kappa shape index (κ3) is 3.02. The molecule has 2 N–H and O–H groups in total. The highest BCUT2D eigenvalue weighted by Gasteiger charge is 2.49. The van der Waals surface area contributed by atoms with E-state index in [1.165, 1.54) is 12.1 Å². The molecule has 9 heteroatoms. The van der Waals surface area contributed by atoms with Gasteiger partial charge < -0.3 is 10.5 Å². The largest absolute Gasteiger partial charge is 0.456 e. The number of benzene rings is 2. The molecule has 0 saturated carbocycles. The number of halogens is 3. The third-order valence-electron chi connectivity index (χ3n) is 4.13. The van der Waals surface area contributed by atoms with Crippen LogP contribution in [-0.2, 0) is 16.3 Å². The van der Waals surface area contributed by atoms with Crippen LogP contribution < -0.4 is 10.5 Å². The lowest BCUT2D eigenvalue weighted by Crippen LogP contribution is -2.29. The van der Waals surface area contributed by atoms with Crippen molar-refractivity contribution in [1.29, 1.82) is 5.26 Å². The van der Waals surface area contributed by atoms with E-state index in [1.807, 2.05) is 0 Å². The minimum Gasteiger partial charge on any atom is -0.456 e. The van der Waals surface area contributed by atoms with Crippen LogP contribution in [0, 0.1) is 17.1 Å². The van der Waals surface area contributed by atoms with E-state index in [9.17, 15) is 21.6 Å². The highest BCUT2D eigenvalue weighted by Crippen LogP contribution is 2.48. The maximum absolute atomic E-state index is 14.1. The minimum atomic E-state index is -3.79. The van der Waals surface area contributed by atoms with Crippen LogP contribution in [0.25, 0.3) is 0 Å². The molecule has 26 heavy (non-hydrogen) atoms. The van der Waals surface area contributed by atoms with Gasteiger partial charge in [-0.2, -0.15) is 5.26 Å². The van der Waals surface area contributed by atoms with Gasteiger partial charge in [0, 0.05) is 23.8 Å². The number of nitrogens with two attached hydrogens (primary N) is 1. The molecule has 0 fully saturated rings. The summed E-state index contributed by atoms with van der Waals surface area (Å²) in [7, 11) is -3.79. The van der Waals surface area contributed by atoms with Crippen molar-refractivity contribution >= 4 is 9.84 Å². The Kier molecular flexibility index (Phi) is 4.21. The predicted molar refractivity (Wildman–Crippen MR) is 86.3 cm³/mol. The van der Waals surface area contributed by atoms with Crippen LogP contribution in [0.15, 0.2) is 35.2 Å². The van der Waals surface area contributed by atoms with Crippen molar-refractivity contribution in [2.24, 2.45) is 5.73 Å². The summed E-state index contributed by atoms with van der Waals surface area (Å²) < 4.78 is 70.9. The van der Waals surface area contributed by atoms with E-state index in [0.717, 1.165) is 24.5 Å². The first-order valence-electron chi connectivity index (χ1n) is 7.41. The Morgan fingerprint density at radius 1 is 1.27 bits per heavy atom. The molecule has 0 aromatic heterocycles. The van der Waals surface area contributed by atoms with Crippen LogP contribution in [0.3, 0.4) is 0 Å². The van der Waals surface area contributed by atoms with Gasteiger partial charge in [0.2, 0.25) is 0 Å². The lowest BCUT2D eigenvalue weighted by molar-refractivity contribution is -0.0141. The highest BCUT2D eigenvalue weighted by atomic mass is 32.2. The van der Waals surface area contributed by atoms with Crippen LogP contribution in [-0.4, -0.2) is 20.6 Å². The fourth-order valence-electron chi connectivity index (χ4n) is 2.92. The number of nitriles is 1. The van der Waals surface area contributed by atoms with E-state index in [4.69, 9.17) is 15.7 Å². The summed E-state index contributed by atoms with van der Waals surface area (Å²) >= 11 is 0. The van der Waals surface area contributed by atoms with Gasteiger partial charge in [-0.05, 0) is 30.3 Å². The topological polar surface area (TPSA) is 93.2 Å². The highest BCUT2D eigenvalue weighted by molar-refractivity contribution is 7.90. The van der Waals surface area contributed by atoms with Crippen LogP contribution in [0.5, 0.6) is 11.5 Å². The van der Waals surface area contributed by atoms with Crippen LogP contribution >= 0.6 is 0 Å². The molecular formula is C17H13F3N2O3S. The molecule has 1 atom stereocenters. The zero-order valence-corrected chi connectivity index (χ0v) is 14.3. The summed E-state index contributed by atoms with van der Waals surface area (Å²) in [5, 5.41) is 9.07. The van der Waals surface area contributed by atoms with Gasteiger partial charge in [0.15, 0.2) is 9.84 Å². The van der Waals surface area contributed by atoms with E-state index in [-0.39, 0.29) is 33.1 Å². The molecule has 0 saturated heterocycles. The Morgan fingerprint density at radius 3 is 2.54 bits per heavy atom. The van der Waals surface area contributed by atoms with Gasteiger partial charge >= 0.3 is 0 Å². The Labute approximate surface area is 147 Å². The van der Waals surface area contributed by atoms with Gasteiger partial charge in [0.05, 0.1) is 16.5 Å². The maximum atomic E-state index is 14.1. The monoisotopic (exact) mass is 382 g/mol. The van der Waals surface area contributed by atoms with Crippen molar-refractivity contribution in [3.63, 3.8) is 0 Å². The molecular weight excluding hydrogens is 369 g/mol. The molecule has 136 valence electrons. The zero-order valence-electron chi connectivity index (χ0n) is 13.5. The Bertz CT molecular complexity index is 1050. The van der Waals surface area contributed by atoms with E-state index in [0.29, 0.717) is 0 Å². The Morgan fingerprint density at radius 2 is 1.92 bits per heavy atom. The first-order chi connectivity index (χ1) is 12.0. The number of hydrogen-bond donors (Lipinski definition) is 1. The Balaban J connectivity index is 2.17. The molecule has 0 amide bonds. The second-order valence-corrected chi connectivity index (χ2v) is 7.98.